The fourth-order valence-corrected chi connectivity index (χ4v) is 7.54. The lowest BCUT2D eigenvalue weighted by Crippen LogP contribution is -2.54. The zero-order chi connectivity index (χ0) is 32.7. The van der Waals surface area contributed by atoms with Gasteiger partial charge in [-0.25, -0.2) is 8.42 Å². The molecule has 0 saturated heterocycles. The second-order valence-corrected chi connectivity index (χ2v) is 14.7. The van der Waals surface area contributed by atoms with Crippen molar-refractivity contribution in [1.29, 1.82) is 0 Å². The number of rotatable bonds is 12. The Bertz CT molecular complexity index is 1740. The van der Waals surface area contributed by atoms with Crippen LogP contribution in [-0.2, 0) is 32.6 Å². The maximum Gasteiger partial charge on any atom is 0.264 e. The summed E-state index contributed by atoms with van der Waals surface area (Å²) < 4.78 is 30.3. The van der Waals surface area contributed by atoms with Crippen LogP contribution in [0, 0.1) is 13.8 Å². The summed E-state index contributed by atoms with van der Waals surface area (Å²) in [4.78, 5) is 30.4. The summed E-state index contributed by atoms with van der Waals surface area (Å²) in [7, 11) is -4.15. The van der Waals surface area contributed by atoms with E-state index in [1.807, 2.05) is 68.4 Å². The van der Waals surface area contributed by atoms with Crippen molar-refractivity contribution < 1.29 is 18.0 Å². The number of hydrogen-bond acceptors (Lipinski definition) is 4. The molecular weight excluding hydrogens is 662 g/mol. The lowest BCUT2D eigenvalue weighted by molar-refractivity contribution is -0.140. The van der Waals surface area contributed by atoms with Gasteiger partial charge in [0.25, 0.3) is 10.0 Å². The molecule has 1 N–H and O–H groups in total. The first-order valence-electron chi connectivity index (χ1n) is 15.6. The highest BCUT2D eigenvalue weighted by Crippen LogP contribution is 2.27. The first-order chi connectivity index (χ1) is 22.1. The smallest absolute Gasteiger partial charge is 0.264 e. The Balaban J connectivity index is 1.57. The SMILES string of the molecule is Cc1ccc(S(=O)(=O)N(CC(=O)N(Cc2ccccc2C)C(Cc2ccccc2)C(=O)NC2CCCC2)c2ccc(Br)cc2)cc1. The zero-order valence-corrected chi connectivity index (χ0v) is 28.6. The highest BCUT2D eigenvalue weighted by Gasteiger charge is 2.35. The molecule has 0 aromatic heterocycles. The molecule has 0 aliphatic heterocycles. The number of nitrogens with zero attached hydrogens (tertiary/aromatic N) is 2. The van der Waals surface area contributed by atoms with Crippen LogP contribution < -0.4 is 9.62 Å². The van der Waals surface area contributed by atoms with E-state index in [1.54, 1.807) is 53.4 Å². The fraction of sp³-hybridized carbons (Fsp3) is 0.297. The molecule has 0 spiro atoms. The summed E-state index contributed by atoms with van der Waals surface area (Å²) in [5, 5.41) is 3.22. The Kier molecular flexibility index (Phi) is 11.0. The van der Waals surface area contributed by atoms with Gasteiger partial charge in [-0.2, -0.15) is 0 Å². The van der Waals surface area contributed by atoms with Crippen LogP contribution >= 0.6 is 15.9 Å². The standard InChI is InChI=1S/C37H40BrN3O4S/c1-27-16-22-34(23-17-27)46(44,45)41(33-20-18-31(38)19-21-33)26-36(42)40(25-30-13-7-6-10-28(30)2)35(24-29-11-4-3-5-12-29)37(43)39-32-14-8-9-15-32/h3-7,10-13,16-23,32,35H,8-9,14-15,24-26H2,1-2H3,(H,39,43). The monoisotopic (exact) mass is 701 g/mol. The van der Waals surface area contributed by atoms with E-state index in [2.05, 4.69) is 21.2 Å². The Morgan fingerprint density at radius 2 is 1.48 bits per heavy atom. The van der Waals surface area contributed by atoms with Gasteiger partial charge in [-0.1, -0.05) is 101 Å². The van der Waals surface area contributed by atoms with Crippen molar-refractivity contribution in [2.75, 3.05) is 10.8 Å². The molecular formula is C37H40BrN3O4S. The van der Waals surface area contributed by atoms with E-state index in [4.69, 9.17) is 0 Å². The highest BCUT2D eigenvalue weighted by atomic mass is 79.9. The minimum Gasteiger partial charge on any atom is -0.352 e. The molecule has 0 radical (unpaired) electrons. The van der Waals surface area contributed by atoms with Gasteiger partial charge in [-0.3, -0.25) is 13.9 Å². The number of nitrogens with one attached hydrogen (secondary N) is 1. The average Bonchev–Trinajstić information content (AvgIpc) is 3.56. The lowest BCUT2D eigenvalue weighted by Gasteiger charge is -2.34. The number of sulfonamides is 1. The third-order valence-corrected chi connectivity index (χ3v) is 10.9. The number of halogens is 1. The first-order valence-corrected chi connectivity index (χ1v) is 17.9. The van der Waals surface area contributed by atoms with Crippen molar-refractivity contribution in [3.05, 3.63) is 130 Å². The topological polar surface area (TPSA) is 86.8 Å². The Morgan fingerprint density at radius 1 is 0.848 bits per heavy atom. The molecule has 2 amide bonds. The van der Waals surface area contributed by atoms with Crippen LogP contribution in [0.25, 0.3) is 0 Å². The van der Waals surface area contributed by atoms with Crippen LogP contribution in [0.2, 0.25) is 0 Å². The van der Waals surface area contributed by atoms with Crippen molar-refractivity contribution in [1.82, 2.24) is 10.2 Å². The molecule has 1 atom stereocenters. The van der Waals surface area contributed by atoms with Crippen LogP contribution in [0.5, 0.6) is 0 Å². The van der Waals surface area contributed by atoms with Crippen LogP contribution in [0.15, 0.2) is 112 Å². The summed E-state index contributed by atoms with van der Waals surface area (Å²) in [6.07, 6.45) is 4.21. The zero-order valence-electron chi connectivity index (χ0n) is 26.2. The highest BCUT2D eigenvalue weighted by molar-refractivity contribution is 9.10. The molecule has 9 heteroatoms. The van der Waals surface area contributed by atoms with E-state index in [9.17, 15) is 18.0 Å². The molecule has 4 aromatic carbocycles. The number of carbonyl (C=O) groups is 2. The number of benzene rings is 4. The summed E-state index contributed by atoms with van der Waals surface area (Å²) >= 11 is 3.43. The molecule has 5 rings (SSSR count). The summed E-state index contributed by atoms with van der Waals surface area (Å²) in [6, 6.07) is 30.0. The molecule has 0 heterocycles. The average molecular weight is 703 g/mol. The number of aryl methyl sites for hydroxylation is 2. The first kappa shape index (κ1) is 33.4. The van der Waals surface area contributed by atoms with E-state index in [-0.39, 0.29) is 23.4 Å². The van der Waals surface area contributed by atoms with E-state index < -0.39 is 28.5 Å². The van der Waals surface area contributed by atoms with Gasteiger partial charge in [0.2, 0.25) is 11.8 Å². The number of hydrogen-bond donors (Lipinski definition) is 1. The molecule has 7 nitrogen and oxygen atoms in total. The van der Waals surface area contributed by atoms with Crippen molar-refractivity contribution in [3.63, 3.8) is 0 Å². The van der Waals surface area contributed by atoms with Gasteiger partial charge in [0.1, 0.15) is 12.6 Å². The lowest BCUT2D eigenvalue weighted by atomic mass is 10.0. The molecule has 1 saturated carbocycles. The van der Waals surface area contributed by atoms with Crippen molar-refractivity contribution in [3.8, 4) is 0 Å². The minimum absolute atomic E-state index is 0.0577. The third-order valence-electron chi connectivity index (χ3n) is 8.58. The Morgan fingerprint density at radius 3 is 2.13 bits per heavy atom. The van der Waals surface area contributed by atoms with E-state index in [1.165, 1.54) is 0 Å². The van der Waals surface area contributed by atoms with Gasteiger partial charge in [-0.15, -0.1) is 0 Å². The van der Waals surface area contributed by atoms with Gasteiger partial charge in [0.05, 0.1) is 10.6 Å². The second kappa shape index (κ2) is 15.1. The van der Waals surface area contributed by atoms with E-state index in [0.717, 1.165) is 56.7 Å². The van der Waals surface area contributed by atoms with Gasteiger partial charge >= 0.3 is 0 Å². The molecule has 1 aliphatic carbocycles. The summed E-state index contributed by atoms with van der Waals surface area (Å²) in [5.41, 5.74) is 4.05. The minimum atomic E-state index is -4.15. The van der Waals surface area contributed by atoms with Crippen molar-refractivity contribution in [2.45, 2.75) is 69.5 Å². The Hall–Kier alpha value is -3.95. The second-order valence-electron chi connectivity index (χ2n) is 11.9. The maximum atomic E-state index is 14.6. The molecule has 1 fully saturated rings. The summed E-state index contributed by atoms with van der Waals surface area (Å²) in [6.45, 7) is 3.53. The van der Waals surface area contributed by atoms with Crippen molar-refractivity contribution in [2.24, 2.45) is 0 Å². The molecule has 1 aliphatic rings. The van der Waals surface area contributed by atoms with Gasteiger partial charge in [0.15, 0.2) is 0 Å². The normalized spacial score (nSPS) is 14.1. The molecule has 4 aromatic rings. The molecule has 1 unspecified atom stereocenters. The van der Waals surface area contributed by atoms with Crippen LogP contribution in [0.4, 0.5) is 5.69 Å². The maximum absolute atomic E-state index is 14.6. The van der Waals surface area contributed by atoms with Crippen LogP contribution in [0.1, 0.15) is 47.9 Å². The van der Waals surface area contributed by atoms with Gasteiger partial charge in [0, 0.05) is 23.5 Å². The molecule has 240 valence electrons. The van der Waals surface area contributed by atoms with Gasteiger partial charge in [-0.05, 0) is 79.8 Å². The number of carbonyl (C=O) groups excluding carboxylic acids is 2. The van der Waals surface area contributed by atoms with Gasteiger partial charge < -0.3 is 10.2 Å². The Labute approximate surface area is 280 Å². The van der Waals surface area contributed by atoms with Crippen LogP contribution in [-0.4, -0.2) is 43.8 Å². The van der Waals surface area contributed by atoms with Crippen molar-refractivity contribution >= 4 is 43.5 Å². The van der Waals surface area contributed by atoms with E-state index in [0.29, 0.717) is 12.1 Å². The fourth-order valence-electron chi connectivity index (χ4n) is 5.87. The molecule has 0 bridgehead atoms. The summed E-state index contributed by atoms with van der Waals surface area (Å²) in [5.74, 6) is -0.696. The largest absolute Gasteiger partial charge is 0.352 e. The van der Waals surface area contributed by atoms with E-state index >= 15 is 0 Å². The quantitative estimate of drug-likeness (QED) is 0.173. The predicted molar refractivity (Wildman–Crippen MR) is 186 cm³/mol. The third kappa shape index (κ3) is 8.25. The predicted octanol–water partition coefficient (Wildman–Crippen LogP) is 6.96. The number of amides is 2. The number of anilines is 1. The molecule has 46 heavy (non-hydrogen) atoms. The van der Waals surface area contributed by atoms with Crippen LogP contribution in [0.3, 0.4) is 0 Å².